The van der Waals surface area contributed by atoms with Gasteiger partial charge in [-0.25, -0.2) is 0 Å². The molecule has 0 radical (unpaired) electrons. The molecule has 0 spiro atoms. The summed E-state index contributed by atoms with van der Waals surface area (Å²) in [4.78, 5) is 35.7. The van der Waals surface area contributed by atoms with Crippen molar-refractivity contribution in [3.8, 4) is 0 Å². The Morgan fingerprint density at radius 2 is 1.85 bits per heavy atom. The zero-order chi connectivity index (χ0) is 19.3. The van der Waals surface area contributed by atoms with Gasteiger partial charge in [-0.05, 0) is 49.6 Å². The molecule has 0 saturated heterocycles. The highest BCUT2D eigenvalue weighted by atomic mass is 35.5. The van der Waals surface area contributed by atoms with Gasteiger partial charge in [0.2, 0.25) is 5.91 Å². The second kappa shape index (κ2) is 8.68. The average molecular weight is 394 g/mol. The van der Waals surface area contributed by atoms with Crippen LogP contribution in [0.3, 0.4) is 0 Å². The van der Waals surface area contributed by atoms with E-state index in [0.717, 1.165) is 11.0 Å². The number of rotatable bonds is 6. The molecule has 0 aliphatic rings. The Kier molecular flexibility index (Phi) is 6.59. The molecule has 2 aromatic rings. The summed E-state index contributed by atoms with van der Waals surface area (Å²) in [7, 11) is 0. The molecule has 0 aliphatic carbocycles. The fraction of sp³-hybridized carbons (Fsp3) is 0.176. The van der Waals surface area contributed by atoms with Gasteiger partial charge in [0.1, 0.15) is 11.1 Å². The standard InChI is InChI=1S/C17H16ClN3O4S/c1-10(16(22)20-12-4-6-13(26-2)7-5-12)19-17(23)11-3-8-14(18)15(9-11)21(24)25/h3-10H,1-2H3,(H,19,23)(H,20,22)/t10-/m0/s1. The van der Waals surface area contributed by atoms with Gasteiger partial charge in [0, 0.05) is 22.2 Å². The van der Waals surface area contributed by atoms with Crippen LogP contribution in [-0.4, -0.2) is 29.0 Å². The summed E-state index contributed by atoms with van der Waals surface area (Å²) in [5, 5.41) is 16.0. The first kappa shape index (κ1) is 19.7. The second-order valence-corrected chi connectivity index (χ2v) is 6.62. The smallest absolute Gasteiger partial charge is 0.288 e. The number of thioether (sulfide) groups is 1. The van der Waals surface area contributed by atoms with Gasteiger partial charge in [0.05, 0.1) is 4.92 Å². The molecular weight excluding hydrogens is 378 g/mol. The number of nitro benzene ring substituents is 1. The molecule has 0 aliphatic heterocycles. The Morgan fingerprint density at radius 3 is 2.42 bits per heavy atom. The van der Waals surface area contributed by atoms with Gasteiger partial charge in [-0.2, -0.15) is 0 Å². The van der Waals surface area contributed by atoms with Crippen LogP contribution in [0.4, 0.5) is 11.4 Å². The first-order valence-electron chi connectivity index (χ1n) is 7.51. The van der Waals surface area contributed by atoms with Crippen LogP contribution in [0.25, 0.3) is 0 Å². The average Bonchev–Trinajstić information content (AvgIpc) is 2.62. The normalized spacial score (nSPS) is 11.5. The van der Waals surface area contributed by atoms with E-state index in [-0.39, 0.29) is 16.3 Å². The fourth-order valence-corrected chi connectivity index (χ4v) is 2.66. The first-order chi connectivity index (χ1) is 12.3. The first-order valence-corrected chi connectivity index (χ1v) is 9.12. The molecule has 0 bridgehead atoms. The summed E-state index contributed by atoms with van der Waals surface area (Å²) in [6, 6.07) is 10.1. The summed E-state index contributed by atoms with van der Waals surface area (Å²) in [5.41, 5.74) is 0.284. The van der Waals surface area contributed by atoms with Gasteiger partial charge >= 0.3 is 0 Å². The van der Waals surface area contributed by atoms with Crippen LogP contribution in [0.15, 0.2) is 47.4 Å². The monoisotopic (exact) mass is 393 g/mol. The van der Waals surface area contributed by atoms with E-state index in [1.165, 1.54) is 19.1 Å². The maximum Gasteiger partial charge on any atom is 0.288 e. The number of anilines is 1. The van der Waals surface area contributed by atoms with E-state index in [4.69, 9.17) is 11.6 Å². The number of amides is 2. The van der Waals surface area contributed by atoms with Crippen LogP contribution in [-0.2, 0) is 4.79 Å². The summed E-state index contributed by atoms with van der Waals surface area (Å²) in [6.07, 6.45) is 1.95. The summed E-state index contributed by atoms with van der Waals surface area (Å²) < 4.78 is 0. The number of nitrogens with one attached hydrogen (secondary N) is 2. The van der Waals surface area contributed by atoms with Crippen LogP contribution < -0.4 is 10.6 Å². The third-order valence-electron chi connectivity index (χ3n) is 3.50. The zero-order valence-corrected chi connectivity index (χ0v) is 15.6. The van der Waals surface area contributed by atoms with Gasteiger partial charge in [-0.15, -0.1) is 11.8 Å². The SMILES string of the molecule is CSc1ccc(NC(=O)[C@H](C)NC(=O)c2ccc(Cl)c([N+](=O)[O-])c2)cc1. The van der Waals surface area contributed by atoms with E-state index in [9.17, 15) is 19.7 Å². The Morgan fingerprint density at radius 1 is 1.19 bits per heavy atom. The van der Waals surface area contributed by atoms with E-state index in [2.05, 4.69) is 10.6 Å². The highest BCUT2D eigenvalue weighted by Gasteiger charge is 2.20. The van der Waals surface area contributed by atoms with Crippen LogP contribution in [0.5, 0.6) is 0 Å². The van der Waals surface area contributed by atoms with Crippen LogP contribution in [0, 0.1) is 10.1 Å². The zero-order valence-electron chi connectivity index (χ0n) is 14.0. The quantitative estimate of drug-likeness (QED) is 0.442. The molecule has 1 atom stereocenters. The van der Waals surface area contributed by atoms with Crippen molar-refractivity contribution in [2.24, 2.45) is 0 Å². The largest absolute Gasteiger partial charge is 0.341 e. The lowest BCUT2D eigenvalue weighted by Gasteiger charge is -2.14. The number of nitro groups is 1. The lowest BCUT2D eigenvalue weighted by molar-refractivity contribution is -0.384. The van der Waals surface area contributed by atoms with Gasteiger partial charge in [-0.3, -0.25) is 19.7 Å². The van der Waals surface area contributed by atoms with Crippen molar-refractivity contribution in [2.75, 3.05) is 11.6 Å². The molecule has 2 aromatic carbocycles. The lowest BCUT2D eigenvalue weighted by Crippen LogP contribution is -2.41. The molecule has 136 valence electrons. The van der Waals surface area contributed by atoms with Crippen LogP contribution in [0.1, 0.15) is 17.3 Å². The predicted octanol–water partition coefficient (Wildman–Crippen LogP) is 3.73. The second-order valence-electron chi connectivity index (χ2n) is 5.34. The molecule has 0 aromatic heterocycles. The highest BCUT2D eigenvalue weighted by Crippen LogP contribution is 2.25. The third-order valence-corrected chi connectivity index (χ3v) is 4.57. The Bertz CT molecular complexity index is 842. The fourth-order valence-electron chi connectivity index (χ4n) is 2.06. The highest BCUT2D eigenvalue weighted by molar-refractivity contribution is 7.98. The van der Waals surface area contributed by atoms with E-state index in [0.29, 0.717) is 5.69 Å². The van der Waals surface area contributed by atoms with Crippen molar-refractivity contribution in [2.45, 2.75) is 17.9 Å². The molecule has 0 heterocycles. The maximum absolute atomic E-state index is 12.2. The van der Waals surface area contributed by atoms with E-state index < -0.39 is 22.8 Å². The number of carbonyl (C=O) groups excluding carboxylic acids is 2. The molecule has 0 unspecified atom stereocenters. The Labute approximate surface area is 159 Å². The maximum atomic E-state index is 12.2. The van der Waals surface area contributed by atoms with Crippen molar-refractivity contribution < 1.29 is 14.5 Å². The van der Waals surface area contributed by atoms with Crippen molar-refractivity contribution in [1.82, 2.24) is 5.32 Å². The predicted molar refractivity (Wildman–Crippen MR) is 102 cm³/mol. The molecule has 7 nitrogen and oxygen atoms in total. The summed E-state index contributed by atoms with van der Waals surface area (Å²) in [5.74, 6) is -1.01. The Balaban J connectivity index is 2.02. The van der Waals surface area contributed by atoms with Crippen molar-refractivity contribution in [3.63, 3.8) is 0 Å². The molecule has 2 amide bonds. The lowest BCUT2D eigenvalue weighted by atomic mass is 10.1. The van der Waals surface area contributed by atoms with Crippen LogP contribution in [0.2, 0.25) is 5.02 Å². The van der Waals surface area contributed by atoms with Gasteiger partial charge in [0.15, 0.2) is 0 Å². The Hall–Kier alpha value is -2.58. The van der Waals surface area contributed by atoms with E-state index >= 15 is 0 Å². The number of halogens is 1. The van der Waals surface area contributed by atoms with Crippen molar-refractivity contribution >= 4 is 46.6 Å². The number of benzene rings is 2. The molecule has 0 fully saturated rings. The summed E-state index contributed by atoms with van der Waals surface area (Å²) >= 11 is 7.31. The van der Waals surface area contributed by atoms with E-state index in [1.807, 2.05) is 18.4 Å². The van der Waals surface area contributed by atoms with Crippen LogP contribution >= 0.6 is 23.4 Å². The number of carbonyl (C=O) groups is 2. The molecule has 0 saturated carbocycles. The topological polar surface area (TPSA) is 101 Å². The molecule has 2 N–H and O–H groups in total. The number of nitrogens with zero attached hydrogens (tertiary/aromatic N) is 1. The minimum atomic E-state index is -0.836. The minimum absolute atomic E-state index is 0.0464. The van der Waals surface area contributed by atoms with Crippen molar-refractivity contribution in [1.29, 1.82) is 0 Å². The third kappa shape index (κ3) is 4.96. The molecule has 2 rings (SSSR count). The van der Waals surface area contributed by atoms with E-state index in [1.54, 1.807) is 23.9 Å². The minimum Gasteiger partial charge on any atom is -0.341 e. The summed E-state index contributed by atoms with van der Waals surface area (Å²) in [6.45, 7) is 1.52. The van der Waals surface area contributed by atoms with Gasteiger partial charge < -0.3 is 10.6 Å². The number of hydrogen-bond acceptors (Lipinski definition) is 5. The van der Waals surface area contributed by atoms with Gasteiger partial charge in [0.25, 0.3) is 11.6 Å². The number of hydrogen-bond donors (Lipinski definition) is 2. The van der Waals surface area contributed by atoms with Crippen molar-refractivity contribution in [3.05, 3.63) is 63.2 Å². The molecular formula is C17H16ClN3O4S. The molecule has 26 heavy (non-hydrogen) atoms. The van der Waals surface area contributed by atoms with Gasteiger partial charge in [-0.1, -0.05) is 11.6 Å². The molecule has 9 heteroatoms.